The lowest BCUT2D eigenvalue weighted by Crippen LogP contribution is -2.70. The first-order valence-corrected chi connectivity index (χ1v) is 37.5. The maximum atomic E-state index is 15.7. The Balaban J connectivity index is 0.873. The van der Waals surface area contributed by atoms with Crippen LogP contribution in [0.15, 0.2) is 96.6 Å². The number of aromatic hydroxyl groups is 25. The van der Waals surface area contributed by atoms with Crippen LogP contribution in [0.25, 0.3) is 11.1 Å². The fourth-order valence-corrected chi connectivity index (χ4v) is 14.7. The van der Waals surface area contributed by atoms with Gasteiger partial charge in [0.15, 0.2) is 157 Å². The number of aliphatic hydroxyl groups is 3. The first kappa shape index (κ1) is 91.2. The van der Waals surface area contributed by atoms with Crippen molar-refractivity contribution in [3.8, 4) is 172 Å². The molecule has 135 heavy (non-hydrogen) atoms. The molecule has 0 aromatic heterocycles. The zero-order valence-corrected chi connectivity index (χ0v) is 66.2. The Kier molecular flexibility index (Phi) is 22.4. The number of rotatable bonds is 15. The van der Waals surface area contributed by atoms with E-state index in [1.165, 1.54) is 0 Å². The number of carbonyl (C=O) groups is 11. The first-order chi connectivity index (χ1) is 63.4. The molecule has 15 rings (SSSR count). The van der Waals surface area contributed by atoms with Crippen LogP contribution in [0, 0.1) is 0 Å². The average Bonchev–Trinajstić information content (AvgIpc) is 1.40. The molecule has 1 aliphatic carbocycles. The van der Waals surface area contributed by atoms with E-state index in [-0.39, 0.29) is 30.3 Å². The summed E-state index contributed by atoms with van der Waals surface area (Å²) in [6.45, 7) is -3.25. The summed E-state index contributed by atoms with van der Waals surface area (Å²) in [4.78, 5) is 163. The van der Waals surface area contributed by atoms with Crippen molar-refractivity contribution in [3.05, 3.63) is 152 Å². The zero-order valence-electron chi connectivity index (χ0n) is 66.2. The molecule has 0 amide bonds. The van der Waals surface area contributed by atoms with E-state index < -0.39 is 391 Å². The lowest BCUT2D eigenvalue weighted by Gasteiger charge is -2.49. The van der Waals surface area contributed by atoms with E-state index in [0.29, 0.717) is 60.7 Å². The van der Waals surface area contributed by atoms with Gasteiger partial charge in [0.05, 0.1) is 56.0 Å². The van der Waals surface area contributed by atoms with Gasteiger partial charge in [-0.3, -0.25) is 4.79 Å². The molecule has 704 valence electrons. The topological polar surface area (TPSA) is 883 Å². The van der Waals surface area contributed by atoms with E-state index in [1.54, 1.807) is 0 Å². The van der Waals surface area contributed by atoms with Crippen molar-refractivity contribution >= 4 is 65.5 Å². The Bertz CT molecular complexity index is 6630. The largest absolute Gasteiger partial charge is 0.504 e. The summed E-state index contributed by atoms with van der Waals surface area (Å²) in [5, 5.41) is 308. The molecule has 0 spiro atoms. The maximum absolute atomic E-state index is 15.7. The van der Waals surface area contributed by atoms with Gasteiger partial charge in [-0.05, 0) is 84.9 Å². The number of benzene rings is 9. The molecule has 28 N–H and O–H groups in total. The predicted octanol–water partition coefficient (Wildman–Crippen LogP) is 0.985. The number of ether oxygens (including phenoxy) is 14. The van der Waals surface area contributed by atoms with Gasteiger partial charge in [0.2, 0.25) is 59.3 Å². The molecule has 5 aliphatic heterocycles. The normalized spacial score (nSPS) is 21.8. The molecule has 9 aromatic rings. The SMILES string of the molecule is O=C1O[C@H]2[C@@H]3OC(=O)c4cc(O)c(O)c(O)c4-c4c(cc(O)c(Oc5c(C(=O)O[C@H]6[C@H](OC(=O)c7cc(O)c(O)c(O)c7)O[C@H](COC(=O)c7cc(O)c(O)c(O)c7)[C@@H](OC(=O)c7cc(O)c(O)c(O)c7)[C@@H]6OC(=O)c6cc(O)c(O)c(O)c6)cc(O)c(O)c5O)c4O)C(=O)OC[C@H]2O[C@@H](OC(=O)c2cc(O)c(O)c(O)c2)[C@@H]3OC(=O)c2cc(O)c(O)c3c2[C@@H]2C1=CC(=O)[C@](O)(O3)C2(O)O. The van der Waals surface area contributed by atoms with E-state index >= 15 is 24.0 Å². The molecular weight excluding hydrogens is 1830 g/mol. The molecule has 6 bridgehead atoms. The molecule has 2 fully saturated rings. The molecule has 53 nitrogen and oxygen atoms in total. The van der Waals surface area contributed by atoms with Gasteiger partial charge < -0.3 is 209 Å². The predicted molar refractivity (Wildman–Crippen MR) is 412 cm³/mol. The quantitative estimate of drug-likeness (QED) is 0.0294. The van der Waals surface area contributed by atoms with Gasteiger partial charge in [-0.25, -0.2) is 47.9 Å². The number of esters is 10. The van der Waals surface area contributed by atoms with Crippen molar-refractivity contribution < 1.29 is 262 Å². The molecular formula is C82H58O53. The summed E-state index contributed by atoms with van der Waals surface area (Å²) in [6.07, 6.45) is -28.6. The van der Waals surface area contributed by atoms with Crippen LogP contribution in [0.3, 0.4) is 0 Å². The van der Waals surface area contributed by atoms with Gasteiger partial charge in [0.25, 0.3) is 5.79 Å². The molecule has 6 aliphatic rings. The third-order valence-electron chi connectivity index (χ3n) is 21.3. The highest BCUT2D eigenvalue weighted by Gasteiger charge is 2.71. The van der Waals surface area contributed by atoms with E-state index in [9.17, 15) is 172 Å². The number of phenolic OH excluding ortho intramolecular Hbond substituents is 25. The fraction of sp³-hybridized carbons (Fsp3) is 0.183. The number of cyclic esters (lactones) is 1. The summed E-state index contributed by atoms with van der Waals surface area (Å²) in [5.74, 6) is -74.9. The molecule has 2 saturated heterocycles. The monoisotopic (exact) mass is 1890 g/mol. The van der Waals surface area contributed by atoms with E-state index in [1.807, 2.05) is 0 Å². The minimum atomic E-state index is -4.19. The minimum absolute atomic E-state index is 0.0283. The van der Waals surface area contributed by atoms with Crippen LogP contribution in [0.2, 0.25) is 0 Å². The Morgan fingerprint density at radius 2 is 0.741 bits per heavy atom. The summed E-state index contributed by atoms with van der Waals surface area (Å²) < 4.78 is 79.6. The first-order valence-electron chi connectivity index (χ1n) is 37.5. The highest BCUT2D eigenvalue weighted by Crippen LogP contribution is 2.61. The van der Waals surface area contributed by atoms with Crippen molar-refractivity contribution in [1.82, 2.24) is 0 Å². The number of phenols is 25. The Labute approximate surface area is 741 Å². The van der Waals surface area contributed by atoms with Gasteiger partial charge in [-0.2, -0.15) is 0 Å². The summed E-state index contributed by atoms with van der Waals surface area (Å²) in [6, 6.07) is 4.53. The number of hydrogen-bond donors (Lipinski definition) is 28. The number of hydrogen-bond acceptors (Lipinski definition) is 53. The van der Waals surface area contributed by atoms with Gasteiger partial charge in [-0.1, -0.05) is 0 Å². The van der Waals surface area contributed by atoms with Crippen LogP contribution in [-0.4, -0.2) is 295 Å². The van der Waals surface area contributed by atoms with Crippen molar-refractivity contribution in [2.45, 2.75) is 78.9 Å². The van der Waals surface area contributed by atoms with Crippen LogP contribution in [0.1, 0.15) is 105 Å². The second kappa shape index (κ2) is 33.2. The van der Waals surface area contributed by atoms with Crippen molar-refractivity contribution in [2.75, 3.05) is 13.2 Å². The summed E-state index contributed by atoms with van der Waals surface area (Å²) in [5.41, 5.74) is -16.8. The third-order valence-corrected chi connectivity index (χ3v) is 21.3. The highest BCUT2D eigenvalue weighted by atomic mass is 16.8. The van der Waals surface area contributed by atoms with Crippen molar-refractivity contribution in [3.63, 3.8) is 0 Å². The smallest absolute Gasteiger partial charge is 0.342 e. The molecule has 0 unspecified atom stereocenters. The Morgan fingerprint density at radius 1 is 0.348 bits per heavy atom. The Morgan fingerprint density at radius 3 is 1.25 bits per heavy atom. The maximum Gasteiger partial charge on any atom is 0.342 e. The van der Waals surface area contributed by atoms with Crippen LogP contribution in [0.4, 0.5) is 0 Å². The number of ketones is 1. The van der Waals surface area contributed by atoms with Crippen LogP contribution < -0.4 is 9.47 Å². The van der Waals surface area contributed by atoms with Gasteiger partial charge >= 0.3 is 65.5 Å². The lowest BCUT2D eigenvalue weighted by molar-refractivity contribution is -0.339. The van der Waals surface area contributed by atoms with Gasteiger partial charge in [0.1, 0.15) is 31.0 Å². The van der Waals surface area contributed by atoms with E-state index in [2.05, 4.69) is 0 Å². The number of fused-ring (bicyclic) bond motifs is 4. The molecule has 5 heterocycles. The second-order valence-corrected chi connectivity index (χ2v) is 29.6. The summed E-state index contributed by atoms with van der Waals surface area (Å²) in [7, 11) is 0. The molecule has 9 aromatic carbocycles. The van der Waals surface area contributed by atoms with Crippen molar-refractivity contribution in [1.29, 1.82) is 0 Å². The van der Waals surface area contributed by atoms with Crippen LogP contribution in [0.5, 0.6) is 161 Å². The highest BCUT2D eigenvalue weighted by molar-refractivity contribution is 6.11. The molecule has 12 atom stereocenters. The average molecular weight is 1890 g/mol. The molecule has 0 saturated carbocycles. The summed E-state index contributed by atoms with van der Waals surface area (Å²) >= 11 is 0. The zero-order chi connectivity index (χ0) is 98.3. The van der Waals surface area contributed by atoms with Gasteiger partial charge in [-0.15, -0.1) is 0 Å². The fourth-order valence-electron chi connectivity index (χ4n) is 14.7. The van der Waals surface area contributed by atoms with Crippen molar-refractivity contribution in [2.24, 2.45) is 0 Å². The van der Waals surface area contributed by atoms with Gasteiger partial charge in [0, 0.05) is 22.8 Å². The third kappa shape index (κ3) is 15.5. The van der Waals surface area contributed by atoms with E-state index in [0.717, 1.165) is 0 Å². The number of carbonyl (C=O) groups excluding carboxylic acids is 11. The Hall–Kier alpha value is -18.5. The molecule has 0 radical (unpaired) electrons. The second-order valence-electron chi connectivity index (χ2n) is 29.6. The standard InChI is InChI=1S/C82H58O53/c83-28-1-18(2-29(84)49(28)98)69(109)122-16-42-62(127-70(110)19-3-30(85)50(99)31(86)4-19)65(129-71(111)20-5-32(87)51(100)33(88)6-20)67(79(124-42)133-72(112)21-7-34(89)52(101)35(90)8-21)132-78(118)27-14-39(94)55(104)59(108)60(27)126-61-41(96)13-23-46(58(61)107)45-24(11-38(93)54(103)57(45)106)75(115)130-66-63-43(17-123-74(23)114)125-80(134-73(113)22-9-36(91)53(102)37(92)10-22)68(66)131-76(116)25-12-40(95)56(105)64-47(25)48-26(77(117)128-63)15-44(97)82(121,135-64)81(48,119)120/h1-15,42-43,48,62-63,65-68,79-80,83-96,98-108,119-121H,16-17H2/t42-,43-,48+,62-,63-,65+,66+,67-,68-,79+,80+,82+/m1/s1. The van der Waals surface area contributed by atoms with Crippen LogP contribution >= 0.6 is 0 Å². The minimum Gasteiger partial charge on any atom is -0.504 e. The van der Waals surface area contributed by atoms with E-state index in [4.69, 9.17) is 66.3 Å². The van der Waals surface area contributed by atoms with Crippen LogP contribution in [-0.2, 0) is 66.4 Å². The molecule has 53 heteroatoms. The lowest BCUT2D eigenvalue weighted by atomic mass is 9.70.